The maximum Gasteiger partial charge on any atom is 0.243 e. The van der Waals surface area contributed by atoms with Gasteiger partial charge in [-0.15, -0.1) is 0 Å². The summed E-state index contributed by atoms with van der Waals surface area (Å²) in [7, 11) is -3.90. The monoisotopic (exact) mass is 516 g/mol. The second-order valence-electron chi connectivity index (χ2n) is 7.12. The summed E-state index contributed by atoms with van der Waals surface area (Å²) in [5.41, 5.74) is 1.26. The average Bonchev–Trinajstić information content (AvgIpc) is 2.80. The highest BCUT2D eigenvalue weighted by atomic mass is 79.9. The van der Waals surface area contributed by atoms with Gasteiger partial charge in [0.1, 0.15) is 13.2 Å². The SMILES string of the molecule is O=C(CN(Cc1ccc(Br)cc1)S(=O)(=O)c1ccccc1)Nc1ccc2c(c1)OCCO2. The number of halogens is 1. The van der Waals surface area contributed by atoms with Gasteiger partial charge in [-0.05, 0) is 42.0 Å². The number of sulfonamides is 1. The quantitative estimate of drug-likeness (QED) is 0.511. The predicted octanol–water partition coefficient (Wildman–Crippen LogP) is 4.05. The Labute approximate surface area is 195 Å². The number of anilines is 1. The van der Waals surface area contributed by atoms with Crippen LogP contribution in [0.1, 0.15) is 5.56 Å². The summed E-state index contributed by atoms with van der Waals surface area (Å²) in [6, 6.07) is 20.4. The molecule has 9 heteroatoms. The Morgan fingerprint density at radius 1 is 0.938 bits per heavy atom. The molecule has 4 rings (SSSR count). The molecule has 0 saturated heterocycles. The van der Waals surface area contributed by atoms with Crippen LogP contribution in [0.15, 0.2) is 82.2 Å². The van der Waals surface area contributed by atoms with Crippen molar-refractivity contribution in [3.05, 3.63) is 82.8 Å². The van der Waals surface area contributed by atoms with Crippen LogP contribution in [0.3, 0.4) is 0 Å². The minimum Gasteiger partial charge on any atom is -0.486 e. The topological polar surface area (TPSA) is 84.9 Å². The molecule has 0 fully saturated rings. The van der Waals surface area contributed by atoms with E-state index in [0.717, 1.165) is 10.0 Å². The minimum absolute atomic E-state index is 0.0546. The molecule has 0 spiro atoms. The van der Waals surface area contributed by atoms with Crippen LogP contribution in [0.5, 0.6) is 11.5 Å². The van der Waals surface area contributed by atoms with Crippen molar-refractivity contribution in [2.75, 3.05) is 25.1 Å². The first-order valence-electron chi connectivity index (χ1n) is 9.91. The van der Waals surface area contributed by atoms with E-state index >= 15 is 0 Å². The van der Waals surface area contributed by atoms with Crippen LogP contribution < -0.4 is 14.8 Å². The van der Waals surface area contributed by atoms with Crippen molar-refractivity contribution in [2.24, 2.45) is 0 Å². The molecule has 0 aromatic heterocycles. The number of nitrogens with zero attached hydrogens (tertiary/aromatic N) is 1. The van der Waals surface area contributed by atoms with Crippen LogP contribution in [-0.4, -0.2) is 38.4 Å². The van der Waals surface area contributed by atoms with Gasteiger partial charge < -0.3 is 14.8 Å². The van der Waals surface area contributed by atoms with E-state index in [1.165, 1.54) is 16.4 Å². The first-order valence-corrected chi connectivity index (χ1v) is 12.1. The second-order valence-corrected chi connectivity index (χ2v) is 9.97. The number of nitrogens with one attached hydrogen (secondary N) is 1. The number of amides is 1. The van der Waals surface area contributed by atoms with Crippen molar-refractivity contribution >= 4 is 37.5 Å². The number of carbonyl (C=O) groups excluding carboxylic acids is 1. The van der Waals surface area contributed by atoms with Gasteiger partial charge in [0.25, 0.3) is 0 Å². The Balaban J connectivity index is 1.55. The van der Waals surface area contributed by atoms with Crippen molar-refractivity contribution in [2.45, 2.75) is 11.4 Å². The van der Waals surface area contributed by atoms with Crippen LogP contribution in [0.2, 0.25) is 0 Å². The maximum atomic E-state index is 13.3. The lowest BCUT2D eigenvalue weighted by atomic mass is 10.2. The molecule has 0 unspecified atom stereocenters. The molecular weight excluding hydrogens is 496 g/mol. The molecule has 3 aromatic carbocycles. The number of hydrogen-bond donors (Lipinski definition) is 1. The third-order valence-corrected chi connectivity index (χ3v) is 7.13. The van der Waals surface area contributed by atoms with Crippen LogP contribution in [0.4, 0.5) is 5.69 Å². The highest BCUT2D eigenvalue weighted by Gasteiger charge is 2.27. The summed E-state index contributed by atoms with van der Waals surface area (Å²) in [6.07, 6.45) is 0. The molecule has 32 heavy (non-hydrogen) atoms. The number of rotatable bonds is 7. The predicted molar refractivity (Wildman–Crippen MR) is 124 cm³/mol. The Bertz CT molecular complexity index is 1200. The second kappa shape index (κ2) is 9.72. The van der Waals surface area contributed by atoms with Gasteiger partial charge in [-0.25, -0.2) is 8.42 Å². The van der Waals surface area contributed by atoms with E-state index in [2.05, 4.69) is 21.2 Å². The Hall–Kier alpha value is -2.88. The zero-order chi connectivity index (χ0) is 22.6. The lowest BCUT2D eigenvalue weighted by Crippen LogP contribution is -2.37. The summed E-state index contributed by atoms with van der Waals surface area (Å²) in [4.78, 5) is 12.9. The normalized spacial score (nSPS) is 13.1. The molecule has 1 heterocycles. The maximum absolute atomic E-state index is 13.3. The molecule has 0 aliphatic carbocycles. The molecule has 0 radical (unpaired) electrons. The van der Waals surface area contributed by atoms with Crippen molar-refractivity contribution in [3.63, 3.8) is 0 Å². The molecule has 0 saturated carbocycles. The fraction of sp³-hybridized carbons (Fsp3) is 0.174. The van der Waals surface area contributed by atoms with Crippen LogP contribution in [0, 0.1) is 0 Å². The molecule has 1 amide bonds. The zero-order valence-corrected chi connectivity index (χ0v) is 19.4. The van der Waals surface area contributed by atoms with Crippen LogP contribution in [0.25, 0.3) is 0 Å². The Morgan fingerprint density at radius 2 is 1.62 bits per heavy atom. The van der Waals surface area contributed by atoms with E-state index in [1.807, 2.05) is 24.3 Å². The van der Waals surface area contributed by atoms with Crippen molar-refractivity contribution < 1.29 is 22.7 Å². The fourth-order valence-corrected chi connectivity index (χ4v) is 4.91. The molecule has 0 atom stereocenters. The van der Waals surface area contributed by atoms with Gasteiger partial charge in [-0.2, -0.15) is 4.31 Å². The molecule has 0 bridgehead atoms. The van der Waals surface area contributed by atoms with E-state index in [9.17, 15) is 13.2 Å². The summed E-state index contributed by atoms with van der Waals surface area (Å²) >= 11 is 3.38. The summed E-state index contributed by atoms with van der Waals surface area (Å²) in [5, 5.41) is 2.75. The number of carbonyl (C=O) groups is 1. The molecule has 1 aliphatic rings. The van der Waals surface area contributed by atoms with Crippen molar-refractivity contribution in [1.82, 2.24) is 4.31 Å². The summed E-state index contributed by atoms with van der Waals surface area (Å²) in [5.74, 6) is 0.689. The highest BCUT2D eigenvalue weighted by Crippen LogP contribution is 2.32. The van der Waals surface area contributed by atoms with Gasteiger partial charge >= 0.3 is 0 Å². The van der Waals surface area contributed by atoms with E-state index in [4.69, 9.17) is 9.47 Å². The summed E-state index contributed by atoms with van der Waals surface area (Å²) < 4.78 is 39.6. The number of ether oxygens (including phenoxy) is 2. The number of hydrogen-bond acceptors (Lipinski definition) is 5. The van der Waals surface area contributed by atoms with Crippen molar-refractivity contribution in [1.29, 1.82) is 0 Å². The van der Waals surface area contributed by atoms with E-state index in [1.54, 1.807) is 36.4 Å². The smallest absolute Gasteiger partial charge is 0.243 e. The van der Waals surface area contributed by atoms with Crippen LogP contribution in [-0.2, 0) is 21.4 Å². The largest absolute Gasteiger partial charge is 0.486 e. The van der Waals surface area contributed by atoms with Gasteiger partial charge in [0.15, 0.2) is 11.5 Å². The molecule has 1 aliphatic heterocycles. The number of fused-ring (bicyclic) bond motifs is 1. The first kappa shape index (κ1) is 22.3. The molecular formula is C23H21BrN2O5S. The average molecular weight is 517 g/mol. The van der Waals surface area contributed by atoms with E-state index in [0.29, 0.717) is 30.4 Å². The van der Waals surface area contributed by atoms with Gasteiger partial charge in [0.05, 0.1) is 11.4 Å². The van der Waals surface area contributed by atoms with E-state index in [-0.39, 0.29) is 18.0 Å². The van der Waals surface area contributed by atoms with E-state index < -0.39 is 15.9 Å². The summed E-state index contributed by atoms with van der Waals surface area (Å²) in [6.45, 7) is 0.614. The molecule has 166 valence electrons. The minimum atomic E-state index is -3.90. The van der Waals surface area contributed by atoms with Gasteiger partial charge in [0.2, 0.25) is 15.9 Å². The Kier molecular flexibility index (Phi) is 6.78. The van der Waals surface area contributed by atoms with Gasteiger partial charge in [-0.1, -0.05) is 46.3 Å². The standard InChI is InChI=1S/C23H21BrN2O5S/c24-18-8-6-17(7-9-18)15-26(32(28,29)20-4-2-1-3-5-20)16-23(27)25-19-10-11-21-22(14-19)31-13-12-30-21/h1-11,14H,12-13,15-16H2,(H,25,27). The third-order valence-electron chi connectivity index (χ3n) is 4.80. The van der Waals surface area contributed by atoms with Gasteiger partial charge in [0, 0.05) is 22.8 Å². The fourth-order valence-electron chi connectivity index (χ4n) is 3.24. The molecule has 3 aromatic rings. The highest BCUT2D eigenvalue weighted by molar-refractivity contribution is 9.10. The first-order chi connectivity index (χ1) is 15.4. The third kappa shape index (κ3) is 5.29. The molecule has 7 nitrogen and oxygen atoms in total. The lowest BCUT2D eigenvalue weighted by molar-refractivity contribution is -0.116. The van der Waals surface area contributed by atoms with Crippen LogP contribution >= 0.6 is 15.9 Å². The van der Waals surface area contributed by atoms with Gasteiger partial charge in [-0.3, -0.25) is 4.79 Å². The Morgan fingerprint density at radius 3 is 2.34 bits per heavy atom. The zero-order valence-electron chi connectivity index (χ0n) is 17.0. The lowest BCUT2D eigenvalue weighted by Gasteiger charge is -2.22. The van der Waals surface area contributed by atoms with Crippen molar-refractivity contribution in [3.8, 4) is 11.5 Å². The molecule has 1 N–H and O–H groups in total. The number of benzene rings is 3.